The van der Waals surface area contributed by atoms with Crippen molar-refractivity contribution in [1.82, 2.24) is 5.32 Å². The molecule has 1 heterocycles. The number of hydrogen-bond donors (Lipinski definition) is 2. The number of ketones is 1. The van der Waals surface area contributed by atoms with Gasteiger partial charge in [-0.05, 0) is 72.3 Å². The molecule has 1 aliphatic carbocycles. The van der Waals surface area contributed by atoms with E-state index in [1.54, 1.807) is 0 Å². The van der Waals surface area contributed by atoms with Gasteiger partial charge >= 0.3 is 0 Å². The number of carbonyl (C=O) groups excluding carboxylic acids is 1. The molecule has 0 aromatic heterocycles. The highest BCUT2D eigenvalue weighted by Crippen LogP contribution is 2.33. The Morgan fingerprint density at radius 3 is 2.50 bits per heavy atom. The SMILES string of the molecule is CC(C)(S)C(C)(C)OBCCCC1CCCNC1C(=O)C1CCC1. The van der Waals surface area contributed by atoms with Crippen LogP contribution in [0.3, 0.4) is 0 Å². The quantitative estimate of drug-likeness (QED) is 0.376. The number of nitrogens with one attached hydrogen (secondary N) is 1. The molecule has 3 nitrogen and oxygen atoms in total. The van der Waals surface area contributed by atoms with Crippen molar-refractivity contribution in [2.45, 2.75) is 95.4 Å². The van der Waals surface area contributed by atoms with Gasteiger partial charge in [-0.2, -0.15) is 12.6 Å². The molecule has 24 heavy (non-hydrogen) atoms. The second-order valence-electron chi connectivity index (χ2n) is 8.78. The van der Waals surface area contributed by atoms with E-state index in [2.05, 4.69) is 45.6 Å². The molecular weight excluding hydrogens is 317 g/mol. The number of thiol groups is 1. The molecule has 2 fully saturated rings. The lowest BCUT2D eigenvalue weighted by molar-refractivity contribution is -0.129. The van der Waals surface area contributed by atoms with E-state index in [1.165, 1.54) is 19.3 Å². The minimum atomic E-state index is -0.231. The molecule has 1 saturated carbocycles. The van der Waals surface area contributed by atoms with Gasteiger partial charge in [0.1, 0.15) is 0 Å². The molecule has 0 bridgehead atoms. The zero-order valence-electron chi connectivity index (χ0n) is 16.1. The first-order chi connectivity index (χ1) is 11.2. The Bertz CT molecular complexity index is 418. The van der Waals surface area contributed by atoms with Gasteiger partial charge in [-0.15, -0.1) is 0 Å². The van der Waals surface area contributed by atoms with Crippen molar-refractivity contribution in [3.63, 3.8) is 0 Å². The van der Waals surface area contributed by atoms with Gasteiger partial charge in [0.05, 0.1) is 11.6 Å². The molecule has 0 amide bonds. The number of rotatable bonds is 9. The molecule has 2 atom stereocenters. The molecule has 2 rings (SSSR count). The number of Topliss-reactive ketones (excluding diaryl/α,β-unsaturated/α-hetero) is 1. The van der Waals surface area contributed by atoms with Crippen LogP contribution in [0, 0.1) is 11.8 Å². The van der Waals surface area contributed by atoms with E-state index in [9.17, 15) is 4.79 Å². The van der Waals surface area contributed by atoms with Crippen molar-refractivity contribution in [2.75, 3.05) is 6.54 Å². The lowest BCUT2D eigenvalue weighted by Crippen LogP contribution is -2.50. The largest absolute Gasteiger partial charge is 0.433 e. The summed E-state index contributed by atoms with van der Waals surface area (Å²) in [5.74, 6) is 1.38. The van der Waals surface area contributed by atoms with Crippen molar-refractivity contribution < 1.29 is 9.45 Å². The van der Waals surface area contributed by atoms with Gasteiger partial charge in [-0.25, -0.2) is 0 Å². The maximum absolute atomic E-state index is 12.6. The van der Waals surface area contributed by atoms with E-state index in [0.717, 1.165) is 46.0 Å². The van der Waals surface area contributed by atoms with E-state index in [1.807, 2.05) is 0 Å². The molecule has 0 spiro atoms. The van der Waals surface area contributed by atoms with Crippen LogP contribution in [0.15, 0.2) is 0 Å². The van der Waals surface area contributed by atoms with Crippen LogP contribution in [0.1, 0.15) is 72.6 Å². The van der Waals surface area contributed by atoms with Gasteiger partial charge in [-0.3, -0.25) is 4.79 Å². The first-order valence-electron chi connectivity index (χ1n) is 9.86. The van der Waals surface area contributed by atoms with Crippen molar-refractivity contribution in [1.29, 1.82) is 0 Å². The Balaban J connectivity index is 1.71. The van der Waals surface area contributed by atoms with Crippen LogP contribution in [-0.2, 0) is 9.45 Å². The highest BCUT2D eigenvalue weighted by atomic mass is 32.1. The molecule has 1 N–H and O–H groups in total. The van der Waals surface area contributed by atoms with Gasteiger partial charge in [0, 0.05) is 10.7 Å². The monoisotopic (exact) mass is 353 g/mol. The highest BCUT2D eigenvalue weighted by molar-refractivity contribution is 7.81. The van der Waals surface area contributed by atoms with Crippen molar-refractivity contribution in [2.24, 2.45) is 11.8 Å². The molecule has 1 aliphatic heterocycles. The summed E-state index contributed by atoms with van der Waals surface area (Å²) in [5, 5.41) is 3.51. The van der Waals surface area contributed by atoms with E-state index >= 15 is 0 Å². The second-order valence-corrected chi connectivity index (χ2v) is 9.90. The zero-order chi connectivity index (χ0) is 17.8. The van der Waals surface area contributed by atoms with Crippen LogP contribution in [0.4, 0.5) is 0 Å². The summed E-state index contributed by atoms with van der Waals surface area (Å²) in [4.78, 5) is 12.6. The molecular formula is C19H36BNO2S. The summed E-state index contributed by atoms with van der Waals surface area (Å²) < 4.78 is 5.91. The third-order valence-corrected chi connectivity index (χ3v) is 6.85. The smallest absolute Gasteiger partial charge is 0.275 e. The Labute approximate surface area is 154 Å². The fourth-order valence-electron chi connectivity index (χ4n) is 3.56. The summed E-state index contributed by atoms with van der Waals surface area (Å²) >= 11 is 4.64. The normalized spacial score (nSPS) is 26.0. The van der Waals surface area contributed by atoms with Gasteiger partial charge in [0.2, 0.25) is 0 Å². The van der Waals surface area contributed by atoms with Crippen LogP contribution >= 0.6 is 12.6 Å². The summed E-state index contributed by atoms with van der Waals surface area (Å²) in [6.45, 7) is 9.42. The van der Waals surface area contributed by atoms with Gasteiger partial charge in [0.15, 0.2) is 5.78 Å². The Morgan fingerprint density at radius 2 is 1.92 bits per heavy atom. The van der Waals surface area contributed by atoms with Crippen LogP contribution in [-0.4, -0.2) is 36.2 Å². The summed E-state index contributed by atoms with van der Waals surface area (Å²) in [6, 6.07) is 0.123. The fraction of sp³-hybridized carbons (Fsp3) is 0.947. The van der Waals surface area contributed by atoms with Crippen molar-refractivity contribution in [3.8, 4) is 0 Å². The standard InChI is InChI=1S/C19H36BNO2S/c1-18(2,19(3,4)24)23-20-12-6-10-14-11-7-13-21-16(14)17(22)15-8-5-9-15/h14-16,20-21,24H,5-13H2,1-4H3. The topological polar surface area (TPSA) is 38.3 Å². The first-order valence-corrected chi connectivity index (χ1v) is 10.3. The molecule has 0 aromatic rings. The minimum absolute atomic E-state index is 0.123. The molecule has 2 aliphatic rings. The minimum Gasteiger partial charge on any atom is -0.433 e. The molecule has 5 heteroatoms. The third kappa shape index (κ3) is 5.25. The van der Waals surface area contributed by atoms with E-state index in [0.29, 0.717) is 17.6 Å². The Kier molecular flexibility index (Phi) is 7.27. The summed E-state index contributed by atoms with van der Waals surface area (Å²) in [6.07, 6.45) is 9.23. The lowest BCUT2D eigenvalue weighted by atomic mass is 9.74. The Morgan fingerprint density at radius 1 is 1.21 bits per heavy atom. The lowest BCUT2D eigenvalue weighted by Gasteiger charge is -2.38. The van der Waals surface area contributed by atoms with Crippen LogP contribution in [0.5, 0.6) is 0 Å². The van der Waals surface area contributed by atoms with E-state index in [4.69, 9.17) is 4.65 Å². The second kappa shape index (κ2) is 8.59. The van der Waals surface area contributed by atoms with Gasteiger partial charge in [-0.1, -0.05) is 19.2 Å². The Hall–Kier alpha value is 0.00494. The van der Waals surface area contributed by atoms with Crippen molar-refractivity contribution in [3.05, 3.63) is 0 Å². The predicted molar refractivity (Wildman–Crippen MR) is 106 cm³/mol. The van der Waals surface area contributed by atoms with Crippen LogP contribution in [0.25, 0.3) is 0 Å². The van der Waals surface area contributed by atoms with Gasteiger partial charge in [0.25, 0.3) is 7.48 Å². The molecule has 0 radical (unpaired) electrons. The molecule has 0 aromatic carbocycles. The van der Waals surface area contributed by atoms with E-state index < -0.39 is 0 Å². The van der Waals surface area contributed by atoms with E-state index in [-0.39, 0.29) is 16.4 Å². The van der Waals surface area contributed by atoms with Crippen LogP contribution in [0.2, 0.25) is 6.32 Å². The van der Waals surface area contributed by atoms with Gasteiger partial charge < -0.3 is 9.97 Å². The average Bonchev–Trinajstić information content (AvgIpc) is 2.44. The summed E-state index contributed by atoms with van der Waals surface area (Å²) in [5.41, 5.74) is -0.231. The van der Waals surface area contributed by atoms with Crippen LogP contribution < -0.4 is 5.32 Å². The fourth-order valence-corrected chi connectivity index (χ4v) is 3.62. The molecule has 2 unspecified atom stereocenters. The van der Waals surface area contributed by atoms with Crippen molar-refractivity contribution >= 4 is 25.9 Å². The third-order valence-electron chi connectivity index (χ3n) is 6.31. The zero-order valence-corrected chi connectivity index (χ0v) is 17.0. The predicted octanol–water partition coefficient (Wildman–Crippen LogP) is 3.78. The maximum Gasteiger partial charge on any atom is 0.275 e. The molecule has 138 valence electrons. The summed E-state index contributed by atoms with van der Waals surface area (Å²) in [7, 11) is 0.776. The average molecular weight is 353 g/mol. The number of carbonyl (C=O) groups is 1. The number of hydrogen-bond acceptors (Lipinski definition) is 4. The first kappa shape index (κ1) is 20.3. The highest BCUT2D eigenvalue weighted by Gasteiger charge is 2.37. The molecule has 1 saturated heterocycles. The maximum atomic E-state index is 12.6. The number of piperidine rings is 1.